The van der Waals surface area contributed by atoms with E-state index in [9.17, 15) is 0 Å². The molecule has 0 spiro atoms. The maximum absolute atomic E-state index is 5.91. The first-order chi connectivity index (χ1) is 12.7. The van der Waals surface area contributed by atoms with Gasteiger partial charge in [0.2, 0.25) is 5.88 Å². The third kappa shape index (κ3) is 6.67. The summed E-state index contributed by atoms with van der Waals surface area (Å²) in [6, 6.07) is 5.97. The lowest BCUT2D eigenvalue weighted by Crippen LogP contribution is -2.37. The minimum Gasteiger partial charge on any atom is -0.474 e. The van der Waals surface area contributed by atoms with Crippen LogP contribution in [0.4, 0.5) is 0 Å². The zero-order chi connectivity index (χ0) is 18.2. The Morgan fingerprint density at radius 3 is 2.70 bits per heavy atom. The first kappa shape index (κ1) is 21.5. The van der Waals surface area contributed by atoms with Gasteiger partial charge in [-0.25, -0.2) is 9.98 Å². The van der Waals surface area contributed by atoms with Gasteiger partial charge in [-0.15, -0.1) is 24.0 Å². The van der Waals surface area contributed by atoms with Crippen LogP contribution in [0.15, 0.2) is 35.6 Å². The maximum atomic E-state index is 5.91. The number of nitrogens with zero attached hydrogens (tertiary/aromatic N) is 4. The fourth-order valence-corrected chi connectivity index (χ4v) is 3.01. The van der Waals surface area contributed by atoms with E-state index < -0.39 is 0 Å². The molecule has 27 heavy (non-hydrogen) atoms. The molecule has 148 valence electrons. The lowest BCUT2D eigenvalue weighted by molar-refractivity contribution is 0.201. The fourth-order valence-electron chi connectivity index (χ4n) is 3.01. The van der Waals surface area contributed by atoms with Crippen LogP contribution in [0.3, 0.4) is 0 Å². The average Bonchev–Trinajstić information content (AvgIpc) is 3.30. The smallest absolute Gasteiger partial charge is 0.213 e. The summed E-state index contributed by atoms with van der Waals surface area (Å²) in [6.07, 6.45) is 8.78. The molecule has 0 amide bonds. The highest BCUT2D eigenvalue weighted by molar-refractivity contribution is 14.0. The molecule has 1 aliphatic carbocycles. The SMILES string of the molecule is CCNC(=NCc1ccc(OC2CCCC2)nc1)NCc1ccnn1C.I. The first-order valence-corrected chi connectivity index (χ1v) is 9.35. The Bertz CT molecular complexity index is 709. The van der Waals surface area contributed by atoms with Crippen molar-refractivity contribution in [1.82, 2.24) is 25.4 Å². The van der Waals surface area contributed by atoms with Crippen molar-refractivity contribution in [2.45, 2.75) is 51.8 Å². The first-order valence-electron chi connectivity index (χ1n) is 9.35. The van der Waals surface area contributed by atoms with E-state index in [-0.39, 0.29) is 24.0 Å². The second-order valence-electron chi connectivity index (χ2n) is 6.52. The molecule has 2 N–H and O–H groups in total. The van der Waals surface area contributed by atoms with Crippen LogP contribution in [0.5, 0.6) is 5.88 Å². The lowest BCUT2D eigenvalue weighted by Gasteiger charge is -2.12. The molecule has 0 bridgehead atoms. The van der Waals surface area contributed by atoms with Gasteiger partial charge < -0.3 is 15.4 Å². The zero-order valence-corrected chi connectivity index (χ0v) is 18.3. The van der Waals surface area contributed by atoms with Gasteiger partial charge in [0.05, 0.1) is 18.8 Å². The summed E-state index contributed by atoms with van der Waals surface area (Å²) in [5.74, 6) is 1.49. The van der Waals surface area contributed by atoms with Crippen molar-refractivity contribution in [2.24, 2.45) is 12.0 Å². The van der Waals surface area contributed by atoms with Crippen LogP contribution in [0.25, 0.3) is 0 Å². The van der Waals surface area contributed by atoms with Gasteiger partial charge in [-0.3, -0.25) is 4.68 Å². The molecule has 3 rings (SSSR count). The van der Waals surface area contributed by atoms with Gasteiger partial charge in [0.15, 0.2) is 5.96 Å². The fraction of sp³-hybridized carbons (Fsp3) is 0.526. The quantitative estimate of drug-likeness (QED) is 0.359. The molecule has 2 heterocycles. The Balaban J connectivity index is 0.00000261. The van der Waals surface area contributed by atoms with Gasteiger partial charge in [0.25, 0.3) is 0 Å². The summed E-state index contributed by atoms with van der Waals surface area (Å²) >= 11 is 0. The van der Waals surface area contributed by atoms with Crippen LogP contribution < -0.4 is 15.4 Å². The maximum Gasteiger partial charge on any atom is 0.213 e. The van der Waals surface area contributed by atoms with Gasteiger partial charge in [-0.2, -0.15) is 5.10 Å². The van der Waals surface area contributed by atoms with E-state index in [1.165, 1.54) is 12.8 Å². The highest BCUT2D eigenvalue weighted by atomic mass is 127. The summed E-state index contributed by atoms with van der Waals surface area (Å²) < 4.78 is 7.76. The predicted molar refractivity (Wildman–Crippen MR) is 117 cm³/mol. The number of pyridine rings is 1. The van der Waals surface area contributed by atoms with E-state index in [1.807, 2.05) is 36.1 Å². The van der Waals surface area contributed by atoms with Gasteiger partial charge in [0, 0.05) is 32.1 Å². The molecule has 0 saturated heterocycles. The van der Waals surface area contributed by atoms with Crippen molar-refractivity contribution in [2.75, 3.05) is 6.54 Å². The van der Waals surface area contributed by atoms with Gasteiger partial charge in [-0.1, -0.05) is 6.07 Å². The number of halogens is 1. The van der Waals surface area contributed by atoms with Crippen molar-refractivity contribution in [3.8, 4) is 5.88 Å². The number of aromatic nitrogens is 3. The molecular formula is C19H29IN6O. The van der Waals surface area contributed by atoms with Crippen molar-refractivity contribution in [3.63, 3.8) is 0 Å². The normalized spacial score (nSPS) is 14.7. The highest BCUT2D eigenvalue weighted by Crippen LogP contribution is 2.22. The van der Waals surface area contributed by atoms with Crippen molar-refractivity contribution < 1.29 is 4.74 Å². The summed E-state index contributed by atoms with van der Waals surface area (Å²) in [5, 5.41) is 10.8. The number of aliphatic imine (C=N–C) groups is 1. The minimum atomic E-state index is 0. The molecule has 0 radical (unpaired) electrons. The number of guanidine groups is 1. The predicted octanol–water partition coefficient (Wildman–Crippen LogP) is 3.01. The second kappa shape index (κ2) is 11.1. The number of nitrogens with one attached hydrogen (secondary N) is 2. The van der Waals surface area contributed by atoms with Crippen LogP contribution >= 0.6 is 24.0 Å². The molecule has 7 nitrogen and oxygen atoms in total. The Hall–Kier alpha value is -1.84. The molecule has 8 heteroatoms. The summed E-state index contributed by atoms with van der Waals surface area (Å²) in [5.41, 5.74) is 2.16. The van der Waals surface area contributed by atoms with Gasteiger partial charge in [-0.05, 0) is 44.2 Å². The number of rotatable bonds is 7. The number of aryl methyl sites for hydroxylation is 1. The molecule has 0 atom stereocenters. The Morgan fingerprint density at radius 1 is 1.26 bits per heavy atom. The molecular weight excluding hydrogens is 455 g/mol. The van der Waals surface area contributed by atoms with E-state index in [4.69, 9.17) is 4.74 Å². The van der Waals surface area contributed by atoms with E-state index in [2.05, 4.69) is 32.6 Å². The third-order valence-corrected chi connectivity index (χ3v) is 4.51. The molecule has 1 aliphatic rings. The van der Waals surface area contributed by atoms with Crippen LogP contribution in [-0.2, 0) is 20.1 Å². The van der Waals surface area contributed by atoms with Gasteiger partial charge in [0.1, 0.15) is 6.10 Å². The zero-order valence-electron chi connectivity index (χ0n) is 16.0. The monoisotopic (exact) mass is 484 g/mol. The summed E-state index contributed by atoms with van der Waals surface area (Å²) in [6.45, 7) is 4.10. The number of hydrogen-bond acceptors (Lipinski definition) is 4. The molecule has 1 fully saturated rings. The van der Waals surface area contributed by atoms with Crippen molar-refractivity contribution in [3.05, 3.63) is 41.9 Å². The Morgan fingerprint density at radius 2 is 2.07 bits per heavy atom. The van der Waals surface area contributed by atoms with Crippen molar-refractivity contribution >= 4 is 29.9 Å². The largest absolute Gasteiger partial charge is 0.474 e. The minimum absolute atomic E-state index is 0. The summed E-state index contributed by atoms with van der Waals surface area (Å²) in [7, 11) is 1.93. The summed E-state index contributed by atoms with van der Waals surface area (Å²) in [4.78, 5) is 9.05. The molecule has 0 aliphatic heterocycles. The van der Waals surface area contributed by atoms with Crippen LogP contribution in [0.1, 0.15) is 43.9 Å². The number of hydrogen-bond donors (Lipinski definition) is 2. The molecule has 0 aromatic carbocycles. The molecule has 2 aromatic rings. The van der Waals surface area contributed by atoms with Crippen LogP contribution in [0, 0.1) is 0 Å². The molecule has 2 aromatic heterocycles. The van der Waals surface area contributed by atoms with Crippen molar-refractivity contribution in [1.29, 1.82) is 0 Å². The molecule has 1 saturated carbocycles. The van der Waals surface area contributed by atoms with Crippen LogP contribution in [-0.4, -0.2) is 33.4 Å². The van der Waals surface area contributed by atoms with Gasteiger partial charge >= 0.3 is 0 Å². The van der Waals surface area contributed by atoms with Crippen LogP contribution in [0.2, 0.25) is 0 Å². The van der Waals surface area contributed by atoms with E-state index in [1.54, 1.807) is 6.20 Å². The third-order valence-electron chi connectivity index (χ3n) is 4.51. The molecule has 0 unspecified atom stereocenters. The van der Waals surface area contributed by atoms with E-state index >= 15 is 0 Å². The van der Waals surface area contributed by atoms with E-state index in [0.29, 0.717) is 25.1 Å². The second-order valence-corrected chi connectivity index (χ2v) is 6.52. The Labute approximate surface area is 178 Å². The lowest BCUT2D eigenvalue weighted by atomic mass is 10.3. The number of ether oxygens (including phenoxy) is 1. The highest BCUT2D eigenvalue weighted by Gasteiger charge is 2.16. The topological polar surface area (TPSA) is 76.4 Å². The van der Waals surface area contributed by atoms with E-state index in [0.717, 1.165) is 36.6 Å². The Kier molecular flexibility index (Phi) is 8.83. The standard InChI is InChI=1S/C19H28N6O.HI/c1-3-20-19(23-14-16-10-11-24-25(16)2)22-13-15-8-9-18(21-12-15)26-17-6-4-5-7-17;/h8-12,17H,3-7,13-14H2,1-2H3,(H2,20,22,23);1H. The average molecular weight is 484 g/mol.